The SMILES string of the molecule is CC1=C(C)n2cnnc2CC1. The van der Waals surface area contributed by atoms with Crippen molar-refractivity contribution in [2.24, 2.45) is 0 Å². The summed E-state index contributed by atoms with van der Waals surface area (Å²) in [5, 5.41) is 7.89. The van der Waals surface area contributed by atoms with E-state index in [1.165, 1.54) is 11.3 Å². The van der Waals surface area contributed by atoms with Crippen LogP contribution in [0.1, 0.15) is 26.1 Å². The minimum atomic E-state index is 1.03. The van der Waals surface area contributed by atoms with Crippen LogP contribution < -0.4 is 0 Å². The summed E-state index contributed by atoms with van der Waals surface area (Å²) in [6.07, 6.45) is 3.95. The molecule has 0 unspecified atom stereocenters. The molecule has 0 aliphatic carbocycles. The fourth-order valence-corrected chi connectivity index (χ4v) is 1.40. The second kappa shape index (κ2) is 2.19. The van der Waals surface area contributed by atoms with Crippen LogP contribution in [0.25, 0.3) is 5.70 Å². The Morgan fingerprint density at radius 3 is 3.00 bits per heavy atom. The van der Waals surface area contributed by atoms with E-state index in [1.54, 1.807) is 6.33 Å². The van der Waals surface area contributed by atoms with Crippen LogP contribution in [0.4, 0.5) is 0 Å². The van der Waals surface area contributed by atoms with Gasteiger partial charge in [-0.25, -0.2) is 0 Å². The number of rotatable bonds is 0. The molecule has 2 rings (SSSR count). The van der Waals surface area contributed by atoms with Gasteiger partial charge in [0.15, 0.2) is 0 Å². The maximum absolute atomic E-state index is 4.02. The third kappa shape index (κ3) is 0.878. The Morgan fingerprint density at radius 2 is 2.18 bits per heavy atom. The number of hydrogen-bond acceptors (Lipinski definition) is 2. The van der Waals surface area contributed by atoms with Crippen molar-refractivity contribution < 1.29 is 0 Å². The van der Waals surface area contributed by atoms with E-state index >= 15 is 0 Å². The Kier molecular flexibility index (Phi) is 1.31. The van der Waals surface area contributed by atoms with E-state index in [1.807, 2.05) is 0 Å². The van der Waals surface area contributed by atoms with Crippen LogP contribution in [0.2, 0.25) is 0 Å². The first-order chi connectivity index (χ1) is 5.29. The van der Waals surface area contributed by atoms with E-state index in [2.05, 4.69) is 28.6 Å². The Labute approximate surface area is 65.8 Å². The van der Waals surface area contributed by atoms with Crippen molar-refractivity contribution in [3.63, 3.8) is 0 Å². The molecule has 58 valence electrons. The van der Waals surface area contributed by atoms with E-state index < -0.39 is 0 Å². The van der Waals surface area contributed by atoms with Gasteiger partial charge in [0, 0.05) is 12.1 Å². The van der Waals surface area contributed by atoms with Crippen LogP contribution in [-0.4, -0.2) is 14.8 Å². The fraction of sp³-hybridized carbons (Fsp3) is 0.500. The Balaban J connectivity index is 2.57. The van der Waals surface area contributed by atoms with Gasteiger partial charge in [-0.2, -0.15) is 0 Å². The van der Waals surface area contributed by atoms with Gasteiger partial charge in [0.25, 0.3) is 0 Å². The summed E-state index contributed by atoms with van der Waals surface area (Å²) in [5.41, 5.74) is 2.73. The minimum absolute atomic E-state index is 1.03. The zero-order valence-electron chi connectivity index (χ0n) is 6.83. The van der Waals surface area contributed by atoms with Crippen molar-refractivity contribution >= 4 is 5.70 Å². The monoisotopic (exact) mass is 149 g/mol. The number of aromatic nitrogens is 3. The van der Waals surface area contributed by atoms with Gasteiger partial charge < -0.3 is 0 Å². The molecule has 3 nitrogen and oxygen atoms in total. The third-order valence-electron chi connectivity index (χ3n) is 2.32. The molecule has 1 aromatic rings. The topological polar surface area (TPSA) is 30.7 Å². The van der Waals surface area contributed by atoms with Crippen LogP contribution in [0, 0.1) is 0 Å². The Bertz CT molecular complexity index is 309. The Morgan fingerprint density at radius 1 is 1.36 bits per heavy atom. The molecule has 1 aliphatic rings. The zero-order chi connectivity index (χ0) is 7.84. The number of nitrogens with zero attached hydrogens (tertiary/aromatic N) is 3. The summed E-state index contributed by atoms with van der Waals surface area (Å²) < 4.78 is 2.07. The third-order valence-corrected chi connectivity index (χ3v) is 2.32. The predicted octanol–water partition coefficient (Wildman–Crippen LogP) is 1.48. The first kappa shape index (κ1) is 6.58. The molecule has 0 bridgehead atoms. The fourth-order valence-electron chi connectivity index (χ4n) is 1.40. The Hall–Kier alpha value is -1.12. The lowest BCUT2D eigenvalue weighted by Crippen LogP contribution is -2.08. The first-order valence-corrected chi connectivity index (χ1v) is 3.84. The summed E-state index contributed by atoms with van der Waals surface area (Å²) in [6, 6.07) is 0. The average molecular weight is 149 g/mol. The molecule has 0 saturated carbocycles. The second-order valence-electron chi connectivity index (χ2n) is 2.98. The molecule has 0 atom stereocenters. The highest BCUT2D eigenvalue weighted by atomic mass is 15.3. The van der Waals surface area contributed by atoms with Gasteiger partial charge in [-0.05, 0) is 20.3 Å². The summed E-state index contributed by atoms with van der Waals surface area (Å²) >= 11 is 0. The summed E-state index contributed by atoms with van der Waals surface area (Å²) in [4.78, 5) is 0. The van der Waals surface area contributed by atoms with Gasteiger partial charge in [0.1, 0.15) is 12.2 Å². The summed E-state index contributed by atoms with van der Waals surface area (Å²) in [7, 11) is 0. The van der Waals surface area contributed by atoms with Gasteiger partial charge in [0.05, 0.1) is 0 Å². The highest BCUT2D eigenvalue weighted by molar-refractivity contribution is 5.49. The average Bonchev–Trinajstić information content (AvgIpc) is 2.45. The van der Waals surface area contributed by atoms with Crippen LogP contribution >= 0.6 is 0 Å². The van der Waals surface area contributed by atoms with Crippen LogP contribution in [0.5, 0.6) is 0 Å². The molecule has 11 heavy (non-hydrogen) atoms. The number of allylic oxidation sites excluding steroid dienone is 2. The van der Waals surface area contributed by atoms with Crippen molar-refractivity contribution in [3.8, 4) is 0 Å². The quantitative estimate of drug-likeness (QED) is 0.559. The van der Waals surface area contributed by atoms with Crippen molar-refractivity contribution in [1.29, 1.82) is 0 Å². The molecule has 2 heterocycles. The van der Waals surface area contributed by atoms with Gasteiger partial charge in [-0.15, -0.1) is 10.2 Å². The van der Waals surface area contributed by atoms with Crippen molar-refractivity contribution in [2.45, 2.75) is 26.7 Å². The van der Waals surface area contributed by atoms with Crippen LogP contribution in [0.15, 0.2) is 11.9 Å². The second-order valence-corrected chi connectivity index (χ2v) is 2.98. The molecule has 0 radical (unpaired) electrons. The van der Waals surface area contributed by atoms with E-state index in [0.29, 0.717) is 0 Å². The lowest BCUT2D eigenvalue weighted by atomic mass is 10.1. The van der Waals surface area contributed by atoms with Gasteiger partial charge in [-0.1, -0.05) is 5.57 Å². The molecule has 0 amide bonds. The predicted molar refractivity (Wildman–Crippen MR) is 42.9 cm³/mol. The maximum Gasteiger partial charge on any atom is 0.137 e. The molecule has 0 N–H and O–H groups in total. The van der Waals surface area contributed by atoms with E-state index in [9.17, 15) is 0 Å². The lowest BCUT2D eigenvalue weighted by molar-refractivity contribution is 0.777. The van der Waals surface area contributed by atoms with Crippen molar-refractivity contribution in [3.05, 3.63) is 17.7 Å². The standard InChI is InChI=1S/C8H11N3/c1-6-3-4-8-10-9-5-11(8)7(6)2/h5H,3-4H2,1-2H3. The van der Waals surface area contributed by atoms with Gasteiger partial charge >= 0.3 is 0 Å². The van der Waals surface area contributed by atoms with Crippen LogP contribution in [0.3, 0.4) is 0 Å². The molecule has 0 saturated heterocycles. The molecule has 3 heteroatoms. The number of aryl methyl sites for hydroxylation is 1. The van der Waals surface area contributed by atoms with Crippen LogP contribution in [-0.2, 0) is 6.42 Å². The highest BCUT2D eigenvalue weighted by Gasteiger charge is 2.12. The zero-order valence-corrected chi connectivity index (χ0v) is 6.83. The highest BCUT2D eigenvalue weighted by Crippen LogP contribution is 2.21. The number of hydrogen-bond donors (Lipinski definition) is 0. The minimum Gasteiger partial charge on any atom is -0.290 e. The smallest absolute Gasteiger partial charge is 0.137 e. The largest absolute Gasteiger partial charge is 0.290 e. The normalized spacial score (nSPS) is 16.9. The van der Waals surface area contributed by atoms with Crippen molar-refractivity contribution in [1.82, 2.24) is 14.8 Å². The molecular weight excluding hydrogens is 138 g/mol. The van der Waals surface area contributed by atoms with Gasteiger partial charge in [-0.3, -0.25) is 4.57 Å². The first-order valence-electron chi connectivity index (χ1n) is 3.84. The van der Waals surface area contributed by atoms with E-state index in [-0.39, 0.29) is 0 Å². The molecule has 0 spiro atoms. The lowest BCUT2D eigenvalue weighted by Gasteiger charge is -2.15. The van der Waals surface area contributed by atoms with E-state index in [0.717, 1.165) is 18.7 Å². The molecule has 1 aromatic heterocycles. The molecule has 0 fully saturated rings. The van der Waals surface area contributed by atoms with E-state index in [4.69, 9.17) is 0 Å². The molecular formula is C8H11N3. The van der Waals surface area contributed by atoms with Crippen molar-refractivity contribution in [2.75, 3.05) is 0 Å². The van der Waals surface area contributed by atoms with Gasteiger partial charge in [0.2, 0.25) is 0 Å². The molecule has 1 aliphatic heterocycles. The number of fused-ring (bicyclic) bond motifs is 1. The maximum atomic E-state index is 4.02. The summed E-state index contributed by atoms with van der Waals surface area (Å²) in [5.74, 6) is 1.09. The molecule has 0 aromatic carbocycles. The summed E-state index contributed by atoms with van der Waals surface area (Å²) in [6.45, 7) is 4.28.